The zero-order chi connectivity index (χ0) is 18.3. The lowest BCUT2D eigenvalue weighted by Crippen LogP contribution is -2.43. The van der Waals surface area contributed by atoms with Gasteiger partial charge in [0.25, 0.3) is 5.91 Å². The van der Waals surface area contributed by atoms with Gasteiger partial charge in [0, 0.05) is 19.4 Å². The summed E-state index contributed by atoms with van der Waals surface area (Å²) in [6.07, 6.45) is 4.36. The highest BCUT2D eigenvalue weighted by atomic mass is 35.5. The van der Waals surface area contributed by atoms with Crippen LogP contribution >= 0.6 is 11.6 Å². The Balaban J connectivity index is 2.04. The number of nitrogens with one attached hydrogen (secondary N) is 1. The molecule has 5 nitrogen and oxygen atoms in total. The minimum atomic E-state index is -0.704. The van der Waals surface area contributed by atoms with Gasteiger partial charge in [0.1, 0.15) is 17.5 Å². The normalized spacial score (nSPS) is 17.3. The van der Waals surface area contributed by atoms with Crippen molar-refractivity contribution in [2.24, 2.45) is 0 Å². The molecule has 140 valence electrons. The molecule has 25 heavy (non-hydrogen) atoms. The van der Waals surface area contributed by atoms with E-state index in [1.165, 1.54) is 0 Å². The number of anilines is 1. The van der Waals surface area contributed by atoms with Crippen molar-refractivity contribution in [1.82, 2.24) is 0 Å². The van der Waals surface area contributed by atoms with Crippen LogP contribution in [0.1, 0.15) is 46.0 Å². The molecule has 0 radical (unpaired) electrons. The molecule has 0 bridgehead atoms. The van der Waals surface area contributed by atoms with Crippen molar-refractivity contribution in [3.63, 3.8) is 0 Å². The van der Waals surface area contributed by atoms with Crippen LogP contribution in [0.5, 0.6) is 5.75 Å². The molecule has 0 spiro atoms. The van der Waals surface area contributed by atoms with Crippen LogP contribution in [0.25, 0.3) is 0 Å². The highest BCUT2D eigenvalue weighted by molar-refractivity contribution is 6.32. The number of carbonyl (C=O) groups is 1. The number of rotatable bonds is 9. The molecule has 0 unspecified atom stereocenters. The quantitative estimate of drug-likeness (QED) is 0.699. The Kier molecular flexibility index (Phi) is 7.54. The zero-order valence-corrected chi connectivity index (χ0v) is 16.0. The standard InChI is InChI=1S/C19H28ClNO4/c1-4-11-24-19(9-5-6-10-19)18(22)21-15-7-8-17(16(20)12-15)25-14(2)13-23-3/h7-8,12,14H,4-6,9-11,13H2,1-3H3,(H,21,22)/t14-/m0/s1. The number of amides is 1. The predicted octanol–water partition coefficient (Wildman–Crippen LogP) is 4.43. The largest absolute Gasteiger partial charge is 0.487 e. The van der Waals surface area contributed by atoms with E-state index >= 15 is 0 Å². The average molecular weight is 370 g/mol. The van der Waals surface area contributed by atoms with Crippen LogP contribution in [-0.2, 0) is 14.3 Å². The van der Waals surface area contributed by atoms with Gasteiger partial charge in [-0.05, 0) is 57.2 Å². The molecule has 1 N–H and O–H groups in total. The monoisotopic (exact) mass is 369 g/mol. The van der Waals surface area contributed by atoms with Crippen LogP contribution < -0.4 is 10.1 Å². The van der Waals surface area contributed by atoms with Crippen molar-refractivity contribution in [3.8, 4) is 5.75 Å². The van der Waals surface area contributed by atoms with E-state index in [0.29, 0.717) is 29.7 Å². The minimum Gasteiger partial charge on any atom is -0.487 e. The molecule has 6 heteroatoms. The maximum absolute atomic E-state index is 12.8. The first kappa shape index (κ1) is 20.0. The lowest BCUT2D eigenvalue weighted by molar-refractivity contribution is -0.140. The third-order valence-electron chi connectivity index (χ3n) is 4.33. The number of methoxy groups -OCH3 is 1. The summed E-state index contributed by atoms with van der Waals surface area (Å²) < 4.78 is 16.7. The summed E-state index contributed by atoms with van der Waals surface area (Å²) in [4.78, 5) is 12.8. The molecule has 1 amide bonds. The Hall–Kier alpha value is -1.30. The van der Waals surface area contributed by atoms with Crippen LogP contribution in [0.3, 0.4) is 0 Å². The van der Waals surface area contributed by atoms with E-state index in [0.717, 1.165) is 32.1 Å². The number of halogens is 1. The first-order valence-corrected chi connectivity index (χ1v) is 9.29. The maximum atomic E-state index is 12.8. The molecule has 1 aliphatic rings. The molecule has 1 aromatic rings. The fourth-order valence-electron chi connectivity index (χ4n) is 3.09. The van der Waals surface area contributed by atoms with Gasteiger partial charge < -0.3 is 19.5 Å². The lowest BCUT2D eigenvalue weighted by atomic mass is 10.0. The summed E-state index contributed by atoms with van der Waals surface area (Å²) in [6.45, 7) is 5.03. The van der Waals surface area contributed by atoms with Crippen LogP contribution in [0.4, 0.5) is 5.69 Å². The van der Waals surface area contributed by atoms with Crippen molar-refractivity contribution >= 4 is 23.2 Å². The summed E-state index contributed by atoms with van der Waals surface area (Å²) in [5.74, 6) is 0.484. The molecule has 1 saturated carbocycles. The number of carbonyl (C=O) groups excluding carboxylic acids is 1. The van der Waals surface area contributed by atoms with Gasteiger partial charge in [-0.25, -0.2) is 0 Å². The van der Waals surface area contributed by atoms with Gasteiger partial charge >= 0.3 is 0 Å². The van der Waals surface area contributed by atoms with Crippen molar-refractivity contribution < 1.29 is 19.0 Å². The second-order valence-electron chi connectivity index (χ2n) is 6.53. The molecule has 0 aromatic heterocycles. The van der Waals surface area contributed by atoms with Gasteiger partial charge in [-0.1, -0.05) is 18.5 Å². The summed E-state index contributed by atoms with van der Waals surface area (Å²) in [5, 5.41) is 3.41. The van der Waals surface area contributed by atoms with E-state index in [2.05, 4.69) is 5.32 Å². The van der Waals surface area contributed by atoms with E-state index in [4.69, 9.17) is 25.8 Å². The molecular weight excluding hydrogens is 342 g/mol. The van der Waals surface area contributed by atoms with Crippen molar-refractivity contribution in [2.75, 3.05) is 25.6 Å². The summed E-state index contributed by atoms with van der Waals surface area (Å²) in [5.41, 5.74) is -0.0573. The van der Waals surface area contributed by atoms with Crippen molar-refractivity contribution in [2.45, 2.75) is 57.7 Å². The van der Waals surface area contributed by atoms with E-state index in [9.17, 15) is 4.79 Å². The smallest absolute Gasteiger partial charge is 0.256 e. The zero-order valence-electron chi connectivity index (χ0n) is 15.3. The molecule has 1 aliphatic carbocycles. The van der Waals surface area contributed by atoms with Gasteiger partial charge in [-0.3, -0.25) is 4.79 Å². The van der Waals surface area contributed by atoms with E-state index in [1.54, 1.807) is 25.3 Å². The number of hydrogen-bond donors (Lipinski definition) is 1. The van der Waals surface area contributed by atoms with Crippen LogP contribution in [0.15, 0.2) is 18.2 Å². The molecule has 0 saturated heterocycles. The van der Waals surface area contributed by atoms with Gasteiger partial charge in [0.05, 0.1) is 11.6 Å². The number of benzene rings is 1. The molecule has 1 aromatic carbocycles. The molecule has 0 aliphatic heterocycles. The summed E-state index contributed by atoms with van der Waals surface area (Å²) >= 11 is 6.29. The van der Waals surface area contributed by atoms with Gasteiger partial charge in [-0.15, -0.1) is 0 Å². The van der Waals surface area contributed by atoms with Crippen molar-refractivity contribution in [3.05, 3.63) is 23.2 Å². The lowest BCUT2D eigenvalue weighted by Gasteiger charge is -2.28. The van der Waals surface area contributed by atoms with Gasteiger partial charge in [0.2, 0.25) is 0 Å². The Bertz CT molecular complexity index is 573. The Morgan fingerprint density at radius 3 is 2.68 bits per heavy atom. The highest BCUT2D eigenvalue weighted by Gasteiger charge is 2.42. The summed E-state index contributed by atoms with van der Waals surface area (Å²) in [6, 6.07) is 5.26. The molecule has 1 atom stereocenters. The van der Waals surface area contributed by atoms with Crippen molar-refractivity contribution in [1.29, 1.82) is 0 Å². The highest BCUT2D eigenvalue weighted by Crippen LogP contribution is 2.35. The number of hydrogen-bond acceptors (Lipinski definition) is 4. The van der Waals surface area contributed by atoms with Crippen LogP contribution in [-0.4, -0.2) is 37.9 Å². The third-order valence-corrected chi connectivity index (χ3v) is 4.62. The Labute approximate surface area is 155 Å². The maximum Gasteiger partial charge on any atom is 0.256 e. The molecule has 0 heterocycles. The fourth-order valence-corrected chi connectivity index (χ4v) is 3.31. The first-order valence-electron chi connectivity index (χ1n) is 8.91. The molecular formula is C19H28ClNO4. The predicted molar refractivity (Wildman–Crippen MR) is 99.5 cm³/mol. The van der Waals surface area contributed by atoms with E-state index in [1.807, 2.05) is 13.8 Å². The fraction of sp³-hybridized carbons (Fsp3) is 0.632. The Morgan fingerprint density at radius 1 is 1.36 bits per heavy atom. The topological polar surface area (TPSA) is 56.8 Å². The second-order valence-corrected chi connectivity index (χ2v) is 6.94. The van der Waals surface area contributed by atoms with Gasteiger partial charge in [-0.2, -0.15) is 0 Å². The summed E-state index contributed by atoms with van der Waals surface area (Å²) in [7, 11) is 1.62. The third kappa shape index (κ3) is 5.33. The average Bonchev–Trinajstić information content (AvgIpc) is 3.06. The first-order chi connectivity index (χ1) is 12.0. The number of ether oxygens (including phenoxy) is 3. The minimum absolute atomic E-state index is 0.0871. The molecule has 2 rings (SSSR count). The van der Waals surface area contributed by atoms with E-state index in [-0.39, 0.29) is 12.0 Å². The van der Waals surface area contributed by atoms with Crippen LogP contribution in [0.2, 0.25) is 5.02 Å². The second kappa shape index (κ2) is 9.41. The van der Waals surface area contributed by atoms with Crippen LogP contribution in [0, 0.1) is 0 Å². The molecule has 1 fully saturated rings. The SMILES string of the molecule is CCCOC1(C(=O)Nc2ccc(O[C@@H](C)COC)c(Cl)c2)CCCC1. The Morgan fingerprint density at radius 2 is 2.08 bits per heavy atom. The van der Waals surface area contributed by atoms with Gasteiger partial charge in [0.15, 0.2) is 0 Å². The van der Waals surface area contributed by atoms with E-state index < -0.39 is 5.60 Å².